The molecule has 1 saturated heterocycles. The Morgan fingerprint density at radius 1 is 1.48 bits per heavy atom. The Morgan fingerprint density at radius 3 is 3.05 bits per heavy atom. The van der Waals surface area contributed by atoms with Gasteiger partial charge in [-0.05, 0) is 19.8 Å². The zero-order valence-electron chi connectivity index (χ0n) is 12.0. The largest absolute Gasteiger partial charge is 0.334 e. The van der Waals surface area contributed by atoms with E-state index >= 15 is 0 Å². The first-order chi connectivity index (χ1) is 10.1. The second-order valence-corrected chi connectivity index (χ2v) is 5.95. The van der Waals surface area contributed by atoms with Gasteiger partial charge in [-0.1, -0.05) is 0 Å². The number of thiazole rings is 1. The van der Waals surface area contributed by atoms with Gasteiger partial charge < -0.3 is 10.2 Å². The van der Waals surface area contributed by atoms with Crippen molar-refractivity contribution in [3.63, 3.8) is 0 Å². The van der Waals surface area contributed by atoms with Crippen LogP contribution in [0.15, 0.2) is 17.6 Å². The number of carbonyl (C=O) groups excluding carboxylic acids is 1. The van der Waals surface area contributed by atoms with Crippen LogP contribution in [0.4, 0.5) is 10.9 Å². The number of likely N-dealkylation sites (tertiary alicyclic amines) is 1. The van der Waals surface area contributed by atoms with Crippen molar-refractivity contribution in [1.82, 2.24) is 19.9 Å². The van der Waals surface area contributed by atoms with Gasteiger partial charge >= 0.3 is 0 Å². The summed E-state index contributed by atoms with van der Waals surface area (Å²) in [5.74, 6) is 1.52. The summed E-state index contributed by atoms with van der Waals surface area (Å²) in [5.41, 5.74) is 0.897. The fourth-order valence-electron chi connectivity index (χ4n) is 2.67. The number of anilines is 2. The molecule has 0 aromatic carbocycles. The van der Waals surface area contributed by atoms with Gasteiger partial charge in [-0.2, -0.15) is 0 Å². The number of hydrogen-bond donors (Lipinski definition) is 1. The molecule has 0 radical (unpaired) electrons. The van der Waals surface area contributed by atoms with Crippen molar-refractivity contribution in [3.05, 3.63) is 29.2 Å². The topological polar surface area (TPSA) is 71.0 Å². The third-order valence-corrected chi connectivity index (χ3v) is 4.21. The molecule has 0 aliphatic carbocycles. The smallest absolute Gasteiger partial charge is 0.220 e. The average Bonchev–Trinajstić information content (AvgIpc) is 3.08. The van der Waals surface area contributed by atoms with Crippen molar-refractivity contribution < 1.29 is 4.79 Å². The van der Waals surface area contributed by atoms with Crippen LogP contribution >= 0.6 is 11.3 Å². The maximum atomic E-state index is 11.7. The Bertz CT molecular complexity index is 643. The van der Waals surface area contributed by atoms with Crippen LogP contribution in [0.5, 0.6) is 0 Å². The summed E-state index contributed by atoms with van der Waals surface area (Å²) in [6.45, 7) is 4.28. The van der Waals surface area contributed by atoms with E-state index in [1.165, 1.54) is 11.3 Å². The lowest BCUT2D eigenvalue weighted by Crippen LogP contribution is -2.28. The lowest BCUT2D eigenvalue weighted by Gasteiger charge is -2.23. The molecule has 1 N–H and O–H groups in total. The summed E-state index contributed by atoms with van der Waals surface area (Å²) in [4.78, 5) is 26.7. The summed E-state index contributed by atoms with van der Waals surface area (Å²) in [5, 5.41) is 5.89. The summed E-state index contributed by atoms with van der Waals surface area (Å²) in [6, 6.07) is 1.97. The van der Waals surface area contributed by atoms with E-state index in [0.717, 1.165) is 36.0 Å². The van der Waals surface area contributed by atoms with Crippen molar-refractivity contribution in [1.29, 1.82) is 0 Å². The van der Waals surface area contributed by atoms with Crippen molar-refractivity contribution >= 4 is 28.2 Å². The summed E-state index contributed by atoms with van der Waals surface area (Å²) >= 11 is 1.52. The van der Waals surface area contributed by atoms with Crippen molar-refractivity contribution in [2.45, 2.75) is 32.7 Å². The molecular formula is C14H17N5OS. The first-order valence-corrected chi connectivity index (χ1v) is 7.81. The Balaban J connectivity index is 1.88. The van der Waals surface area contributed by atoms with E-state index in [0.29, 0.717) is 5.82 Å². The summed E-state index contributed by atoms with van der Waals surface area (Å²) < 4.78 is 0. The maximum Gasteiger partial charge on any atom is 0.220 e. The van der Waals surface area contributed by atoms with E-state index in [9.17, 15) is 4.79 Å². The van der Waals surface area contributed by atoms with Crippen LogP contribution in [-0.2, 0) is 4.79 Å². The van der Waals surface area contributed by atoms with E-state index in [1.54, 1.807) is 13.1 Å². The van der Waals surface area contributed by atoms with Gasteiger partial charge in [0.2, 0.25) is 5.91 Å². The molecule has 3 rings (SSSR count). The molecule has 1 amide bonds. The first-order valence-electron chi connectivity index (χ1n) is 6.93. The highest BCUT2D eigenvalue weighted by Gasteiger charge is 2.29. The molecule has 110 valence electrons. The number of nitrogens with zero attached hydrogens (tertiary/aromatic N) is 4. The second kappa shape index (κ2) is 5.77. The lowest BCUT2D eigenvalue weighted by molar-refractivity contribution is -0.129. The highest BCUT2D eigenvalue weighted by molar-refractivity contribution is 7.13. The second-order valence-electron chi connectivity index (χ2n) is 5.06. The van der Waals surface area contributed by atoms with Gasteiger partial charge in [0.15, 0.2) is 5.13 Å². The van der Waals surface area contributed by atoms with Crippen molar-refractivity contribution in [2.24, 2.45) is 0 Å². The SMILES string of the molecule is CC(=O)N1CCC[C@@H]1c1cc(Nc2nccs2)nc(C)n1. The monoisotopic (exact) mass is 303 g/mol. The van der Waals surface area contributed by atoms with Crippen LogP contribution in [-0.4, -0.2) is 32.3 Å². The van der Waals surface area contributed by atoms with Crippen molar-refractivity contribution in [3.8, 4) is 0 Å². The molecule has 0 bridgehead atoms. The predicted octanol–water partition coefficient (Wildman–Crippen LogP) is 2.67. The highest BCUT2D eigenvalue weighted by atomic mass is 32.1. The number of hydrogen-bond acceptors (Lipinski definition) is 6. The fourth-order valence-corrected chi connectivity index (χ4v) is 3.21. The Kier molecular flexibility index (Phi) is 3.83. The molecule has 1 atom stereocenters. The van der Waals surface area contributed by atoms with E-state index in [2.05, 4.69) is 20.3 Å². The predicted molar refractivity (Wildman–Crippen MR) is 81.5 cm³/mol. The van der Waals surface area contributed by atoms with Crippen LogP contribution in [0.3, 0.4) is 0 Å². The number of aryl methyl sites for hydroxylation is 1. The van der Waals surface area contributed by atoms with Gasteiger partial charge in [-0.25, -0.2) is 15.0 Å². The Hall–Kier alpha value is -2.02. The van der Waals surface area contributed by atoms with Gasteiger partial charge in [-0.15, -0.1) is 11.3 Å². The van der Waals surface area contributed by atoms with Crippen LogP contribution in [0.1, 0.15) is 37.3 Å². The van der Waals surface area contributed by atoms with Gasteiger partial charge in [0, 0.05) is 31.1 Å². The number of rotatable bonds is 3. The van der Waals surface area contributed by atoms with Crippen LogP contribution in [0.25, 0.3) is 0 Å². The molecule has 21 heavy (non-hydrogen) atoms. The average molecular weight is 303 g/mol. The lowest BCUT2D eigenvalue weighted by atomic mass is 10.1. The number of aromatic nitrogens is 3. The molecule has 1 fully saturated rings. The van der Waals surface area contributed by atoms with Gasteiger partial charge in [0.25, 0.3) is 0 Å². The molecule has 1 aliphatic heterocycles. The molecule has 2 aromatic heterocycles. The summed E-state index contributed by atoms with van der Waals surface area (Å²) in [6.07, 6.45) is 3.71. The first kappa shape index (κ1) is 13.9. The molecule has 1 aliphatic rings. The standard InChI is InChI=1S/C14H17N5OS/c1-9-16-11(12-4-3-6-19(12)10(2)20)8-13(17-9)18-14-15-5-7-21-14/h5,7-8,12H,3-4,6H2,1-2H3,(H,15,16,17,18)/t12-/m1/s1. The van der Waals surface area contributed by atoms with E-state index in [4.69, 9.17) is 0 Å². The zero-order valence-corrected chi connectivity index (χ0v) is 12.9. The van der Waals surface area contributed by atoms with E-state index in [1.807, 2.05) is 23.3 Å². The van der Waals surface area contributed by atoms with Crippen LogP contribution < -0.4 is 5.32 Å². The Morgan fingerprint density at radius 2 is 2.33 bits per heavy atom. The molecule has 2 aromatic rings. The maximum absolute atomic E-state index is 11.7. The number of carbonyl (C=O) groups is 1. The Labute approximate surface area is 127 Å². The number of amides is 1. The zero-order chi connectivity index (χ0) is 14.8. The minimum atomic E-state index is 0.0565. The molecule has 7 heteroatoms. The highest BCUT2D eigenvalue weighted by Crippen LogP contribution is 2.32. The van der Waals surface area contributed by atoms with Gasteiger partial charge in [0.1, 0.15) is 11.6 Å². The molecular weight excluding hydrogens is 286 g/mol. The quantitative estimate of drug-likeness (QED) is 0.944. The molecule has 0 unspecified atom stereocenters. The van der Waals surface area contributed by atoms with E-state index in [-0.39, 0.29) is 11.9 Å². The third kappa shape index (κ3) is 3.02. The van der Waals surface area contributed by atoms with Crippen molar-refractivity contribution in [2.75, 3.05) is 11.9 Å². The minimum absolute atomic E-state index is 0.0565. The molecule has 3 heterocycles. The number of nitrogens with one attached hydrogen (secondary N) is 1. The third-order valence-electron chi connectivity index (χ3n) is 3.52. The normalized spacial score (nSPS) is 18.0. The molecule has 0 saturated carbocycles. The molecule has 6 nitrogen and oxygen atoms in total. The summed E-state index contributed by atoms with van der Waals surface area (Å²) in [7, 11) is 0. The van der Waals surface area contributed by atoms with Gasteiger partial charge in [0.05, 0.1) is 11.7 Å². The minimum Gasteiger partial charge on any atom is -0.334 e. The van der Waals surface area contributed by atoms with Crippen LogP contribution in [0.2, 0.25) is 0 Å². The van der Waals surface area contributed by atoms with Gasteiger partial charge in [-0.3, -0.25) is 4.79 Å². The van der Waals surface area contributed by atoms with Crippen LogP contribution in [0, 0.1) is 6.92 Å². The molecule has 0 spiro atoms. The fraction of sp³-hybridized carbons (Fsp3) is 0.429. The van der Waals surface area contributed by atoms with E-state index < -0.39 is 0 Å².